The Hall–Kier alpha value is -2.88. The Morgan fingerprint density at radius 2 is 2.14 bits per heavy atom. The van der Waals surface area contributed by atoms with Crippen LogP contribution in [0.25, 0.3) is 0 Å². The molecule has 2 aromatic rings. The fourth-order valence-corrected chi connectivity index (χ4v) is 2.36. The summed E-state index contributed by atoms with van der Waals surface area (Å²) >= 11 is 0.935. The molecule has 1 heterocycles. The number of aromatic nitrogens is 2. The maximum atomic E-state index is 11.2. The maximum Gasteiger partial charge on any atom is 0.342 e. The number of nitrogens with zero attached hydrogens (tertiary/aromatic N) is 2. The standard InChI is InChI=1S/C11H8N4O5S/c12-8-4-9(16)14-11(13-8)21-5-1-2-7(15(19)20)6(3-5)10(17)18/h1-4H,(H,17,18)(H3,12,13,14,16). The lowest BCUT2D eigenvalue weighted by Crippen LogP contribution is -2.09. The van der Waals surface area contributed by atoms with Gasteiger partial charge in [-0.3, -0.25) is 14.9 Å². The summed E-state index contributed by atoms with van der Waals surface area (Å²) in [5.74, 6) is -1.40. The minimum absolute atomic E-state index is 0.0154. The number of nitrogens with one attached hydrogen (secondary N) is 1. The highest BCUT2D eigenvalue weighted by molar-refractivity contribution is 7.99. The van der Waals surface area contributed by atoms with Gasteiger partial charge in [0.15, 0.2) is 5.16 Å². The highest BCUT2D eigenvalue weighted by Crippen LogP contribution is 2.29. The lowest BCUT2D eigenvalue weighted by Gasteiger charge is -2.03. The Balaban J connectivity index is 2.41. The Kier molecular flexibility index (Phi) is 3.89. The third-order valence-electron chi connectivity index (χ3n) is 2.35. The first-order valence-corrected chi connectivity index (χ1v) is 6.25. The van der Waals surface area contributed by atoms with Crippen LogP contribution in [-0.4, -0.2) is 26.0 Å². The molecule has 4 N–H and O–H groups in total. The molecule has 0 aliphatic heterocycles. The molecule has 21 heavy (non-hydrogen) atoms. The zero-order valence-electron chi connectivity index (χ0n) is 10.3. The molecule has 0 aliphatic rings. The van der Waals surface area contributed by atoms with Gasteiger partial charge in [0.25, 0.3) is 11.2 Å². The number of aromatic carboxylic acids is 1. The molecule has 0 aliphatic carbocycles. The normalized spacial score (nSPS) is 10.3. The number of anilines is 1. The van der Waals surface area contributed by atoms with Crippen molar-refractivity contribution in [1.82, 2.24) is 9.97 Å². The minimum Gasteiger partial charge on any atom is -0.477 e. The van der Waals surface area contributed by atoms with Gasteiger partial charge < -0.3 is 15.8 Å². The summed E-state index contributed by atoms with van der Waals surface area (Å²) in [7, 11) is 0. The first kappa shape index (κ1) is 14.5. The molecule has 0 saturated carbocycles. The van der Waals surface area contributed by atoms with Crippen LogP contribution in [0.5, 0.6) is 0 Å². The van der Waals surface area contributed by atoms with E-state index in [0.717, 1.165) is 30.0 Å². The number of benzene rings is 1. The number of H-pyrrole nitrogens is 1. The van der Waals surface area contributed by atoms with E-state index in [1.54, 1.807) is 0 Å². The Bertz CT molecular complexity index is 788. The van der Waals surface area contributed by atoms with Crippen LogP contribution in [0.3, 0.4) is 0 Å². The fourth-order valence-electron chi connectivity index (χ4n) is 1.52. The van der Waals surface area contributed by atoms with Gasteiger partial charge in [0.1, 0.15) is 11.4 Å². The van der Waals surface area contributed by atoms with Crippen molar-refractivity contribution in [3.63, 3.8) is 0 Å². The third-order valence-corrected chi connectivity index (χ3v) is 3.23. The quantitative estimate of drug-likeness (QED) is 0.431. The molecule has 1 aromatic carbocycles. The molecule has 0 saturated heterocycles. The minimum atomic E-state index is -1.42. The molecule has 2 rings (SSSR count). The lowest BCUT2D eigenvalue weighted by atomic mass is 10.2. The van der Waals surface area contributed by atoms with Crippen molar-refractivity contribution < 1.29 is 14.8 Å². The second-order valence-electron chi connectivity index (χ2n) is 3.82. The van der Waals surface area contributed by atoms with Crippen LogP contribution in [0, 0.1) is 10.1 Å². The number of nitrogens with two attached hydrogens (primary N) is 1. The molecule has 0 radical (unpaired) electrons. The smallest absolute Gasteiger partial charge is 0.342 e. The molecule has 0 fully saturated rings. The molecule has 108 valence electrons. The second-order valence-corrected chi connectivity index (χ2v) is 4.88. The Morgan fingerprint density at radius 3 is 2.71 bits per heavy atom. The number of carboxylic acids is 1. The van der Waals surface area contributed by atoms with Crippen LogP contribution >= 0.6 is 11.8 Å². The van der Waals surface area contributed by atoms with Gasteiger partial charge in [-0.05, 0) is 12.1 Å². The molecule has 0 spiro atoms. The zero-order chi connectivity index (χ0) is 15.6. The number of carboxylic acid groups (broad SMARTS) is 1. The van der Waals surface area contributed by atoms with Crippen molar-refractivity contribution in [2.75, 3.05) is 5.73 Å². The summed E-state index contributed by atoms with van der Waals surface area (Å²) in [6, 6.07) is 4.67. The van der Waals surface area contributed by atoms with Crippen LogP contribution in [0.2, 0.25) is 0 Å². The van der Waals surface area contributed by atoms with Gasteiger partial charge >= 0.3 is 5.97 Å². The van der Waals surface area contributed by atoms with Crippen molar-refractivity contribution in [2.45, 2.75) is 10.1 Å². The highest BCUT2D eigenvalue weighted by Gasteiger charge is 2.20. The number of aromatic amines is 1. The van der Waals surface area contributed by atoms with Gasteiger partial charge in [-0.1, -0.05) is 11.8 Å². The van der Waals surface area contributed by atoms with Gasteiger partial charge in [-0.15, -0.1) is 0 Å². The van der Waals surface area contributed by atoms with Crippen molar-refractivity contribution in [2.24, 2.45) is 0 Å². The van der Waals surface area contributed by atoms with E-state index in [2.05, 4.69) is 9.97 Å². The van der Waals surface area contributed by atoms with Crippen molar-refractivity contribution in [3.05, 3.63) is 50.3 Å². The van der Waals surface area contributed by atoms with E-state index >= 15 is 0 Å². The van der Waals surface area contributed by atoms with E-state index in [1.807, 2.05) is 0 Å². The van der Waals surface area contributed by atoms with Gasteiger partial charge in [0.05, 0.1) is 4.92 Å². The zero-order valence-corrected chi connectivity index (χ0v) is 11.1. The number of hydrogen-bond acceptors (Lipinski definition) is 7. The molecule has 10 heteroatoms. The van der Waals surface area contributed by atoms with Crippen LogP contribution in [0.4, 0.5) is 11.5 Å². The SMILES string of the molecule is Nc1cc(=O)[nH]c(Sc2ccc([N+](=O)[O-])c(C(=O)O)c2)n1. The van der Waals surface area contributed by atoms with Crippen LogP contribution in [-0.2, 0) is 0 Å². The summed E-state index contributed by atoms with van der Waals surface area (Å²) in [5, 5.41) is 19.9. The summed E-state index contributed by atoms with van der Waals surface area (Å²) in [6.45, 7) is 0. The van der Waals surface area contributed by atoms with Crippen LogP contribution in [0.15, 0.2) is 39.1 Å². The van der Waals surface area contributed by atoms with Gasteiger partial charge in [0.2, 0.25) is 0 Å². The highest BCUT2D eigenvalue weighted by atomic mass is 32.2. The molecule has 0 unspecified atom stereocenters. The topological polar surface area (TPSA) is 152 Å². The molecule has 0 amide bonds. The Morgan fingerprint density at radius 1 is 1.43 bits per heavy atom. The summed E-state index contributed by atoms with van der Waals surface area (Å²) < 4.78 is 0. The first-order chi connectivity index (χ1) is 9.86. The van der Waals surface area contributed by atoms with Crippen LogP contribution < -0.4 is 11.3 Å². The van der Waals surface area contributed by atoms with Crippen molar-refractivity contribution in [3.8, 4) is 0 Å². The summed E-state index contributed by atoms with van der Waals surface area (Å²) in [5.41, 5.74) is 4.01. The number of carbonyl (C=O) groups is 1. The summed E-state index contributed by atoms with van der Waals surface area (Å²) in [4.78, 5) is 38.9. The second kappa shape index (κ2) is 5.63. The lowest BCUT2D eigenvalue weighted by molar-refractivity contribution is -0.385. The molecule has 0 atom stereocenters. The molecular formula is C11H8N4O5S. The number of nitrogen functional groups attached to an aromatic ring is 1. The first-order valence-electron chi connectivity index (χ1n) is 5.43. The van der Waals surface area contributed by atoms with Crippen molar-refractivity contribution in [1.29, 1.82) is 0 Å². The average Bonchev–Trinajstić information content (AvgIpc) is 2.36. The van der Waals surface area contributed by atoms with Crippen molar-refractivity contribution >= 4 is 29.2 Å². The number of hydrogen-bond donors (Lipinski definition) is 3. The number of rotatable bonds is 4. The predicted molar refractivity (Wildman–Crippen MR) is 73.4 cm³/mol. The van der Waals surface area contributed by atoms with E-state index < -0.39 is 27.7 Å². The fraction of sp³-hybridized carbons (Fsp3) is 0. The van der Waals surface area contributed by atoms with E-state index in [4.69, 9.17) is 10.8 Å². The van der Waals surface area contributed by atoms with E-state index in [9.17, 15) is 19.7 Å². The van der Waals surface area contributed by atoms with Gasteiger partial charge in [0, 0.05) is 17.0 Å². The molecular weight excluding hydrogens is 300 g/mol. The van der Waals surface area contributed by atoms with E-state index in [0.29, 0.717) is 4.90 Å². The van der Waals surface area contributed by atoms with Crippen LogP contribution in [0.1, 0.15) is 10.4 Å². The molecule has 9 nitrogen and oxygen atoms in total. The maximum absolute atomic E-state index is 11.2. The number of nitro benzene ring substituents is 1. The van der Waals surface area contributed by atoms with Gasteiger partial charge in [-0.2, -0.15) is 0 Å². The Labute approximate surface area is 121 Å². The van der Waals surface area contributed by atoms with E-state index in [-0.39, 0.29) is 11.0 Å². The molecule has 0 bridgehead atoms. The monoisotopic (exact) mass is 308 g/mol. The van der Waals surface area contributed by atoms with E-state index in [1.165, 1.54) is 6.07 Å². The molecule has 1 aromatic heterocycles. The summed E-state index contributed by atoms with van der Waals surface area (Å²) in [6.07, 6.45) is 0. The predicted octanol–water partition coefficient (Wildman–Crippen LogP) is 1.11. The largest absolute Gasteiger partial charge is 0.477 e. The number of nitro groups is 1. The third kappa shape index (κ3) is 3.36. The van der Waals surface area contributed by atoms with Gasteiger partial charge in [-0.25, -0.2) is 9.78 Å². The average molecular weight is 308 g/mol.